The molecule has 3 rings (SSSR count). The average Bonchev–Trinajstić information content (AvgIpc) is 2.66. The molecule has 2 amide bonds. The first kappa shape index (κ1) is 18.6. The maximum absolute atomic E-state index is 12.7. The summed E-state index contributed by atoms with van der Waals surface area (Å²) in [4.78, 5) is 25.3. The van der Waals surface area contributed by atoms with Crippen molar-refractivity contribution in [3.63, 3.8) is 0 Å². The van der Waals surface area contributed by atoms with Crippen LogP contribution in [0, 0.1) is 0 Å². The van der Waals surface area contributed by atoms with Crippen LogP contribution in [0.2, 0.25) is 0 Å². The highest BCUT2D eigenvalue weighted by molar-refractivity contribution is 5.96. The predicted octanol–water partition coefficient (Wildman–Crippen LogP) is 1.67. The van der Waals surface area contributed by atoms with Gasteiger partial charge in [-0.1, -0.05) is 48.0 Å². The van der Waals surface area contributed by atoms with Crippen molar-refractivity contribution >= 4 is 11.8 Å². The van der Waals surface area contributed by atoms with Crippen LogP contribution >= 0.6 is 0 Å². The van der Waals surface area contributed by atoms with E-state index in [1.807, 2.05) is 19.1 Å². The summed E-state index contributed by atoms with van der Waals surface area (Å²) in [5.74, 6) is -0.777. The van der Waals surface area contributed by atoms with E-state index >= 15 is 0 Å². The molecule has 0 spiro atoms. The van der Waals surface area contributed by atoms with Gasteiger partial charge in [0, 0.05) is 11.1 Å². The third-order valence-corrected chi connectivity index (χ3v) is 4.46. The van der Waals surface area contributed by atoms with Crippen LogP contribution in [-0.4, -0.2) is 23.1 Å². The molecule has 0 radical (unpaired) electrons. The summed E-state index contributed by atoms with van der Waals surface area (Å²) < 4.78 is 0. The monoisotopic (exact) mass is 362 g/mol. The quantitative estimate of drug-likeness (QED) is 0.620. The number of carbonyl (C=O) groups excluding carboxylic acids is 2. The van der Waals surface area contributed by atoms with Gasteiger partial charge < -0.3 is 22.1 Å². The van der Waals surface area contributed by atoms with E-state index in [2.05, 4.69) is 10.6 Å². The molecule has 138 valence electrons. The van der Waals surface area contributed by atoms with Gasteiger partial charge in [-0.2, -0.15) is 0 Å². The fourth-order valence-corrected chi connectivity index (χ4v) is 2.91. The van der Waals surface area contributed by atoms with E-state index in [9.17, 15) is 9.59 Å². The van der Waals surface area contributed by atoms with Gasteiger partial charge in [0.15, 0.2) is 0 Å². The van der Waals surface area contributed by atoms with Crippen molar-refractivity contribution in [2.75, 3.05) is 0 Å². The number of rotatable bonds is 4. The standard InChI is InChI=1S/C21H22N4O2/c1-15-12-13-20(22,24-18(26)16-8-4-2-5-9-16)21(23,14-15)25-19(27)17-10-6-3-7-11-17/h2-14H,22-23H2,1H3,(H,24,26)(H,25,27). The Morgan fingerprint density at radius 2 is 1.22 bits per heavy atom. The second-order valence-electron chi connectivity index (χ2n) is 6.60. The molecule has 0 fully saturated rings. The van der Waals surface area contributed by atoms with E-state index in [-0.39, 0.29) is 11.8 Å². The highest BCUT2D eigenvalue weighted by atomic mass is 16.2. The second-order valence-corrected chi connectivity index (χ2v) is 6.60. The molecule has 27 heavy (non-hydrogen) atoms. The van der Waals surface area contributed by atoms with Gasteiger partial charge in [-0.25, -0.2) is 0 Å². The van der Waals surface area contributed by atoms with Gasteiger partial charge in [-0.15, -0.1) is 0 Å². The Balaban J connectivity index is 1.89. The van der Waals surface area contributed by atoms with Gasteiger partial charge in [0.1, 0.15) is 11.3 Å². The maximum Gasteiger partial charge on any atom is 0.253 e. The van der Waals surface area contributed by atoms with Crippen molar-refractivity contribution in [3.8, 4) is 0 Å². The van der Waals surface area contributed by atoms with Gasteiger partial charge in [-0.3, -0.25) is 9.59 Å². The second kappa shape index (κ2) is 7.19. The number of hydrogen-bond acceptors (Lipinski definition) is 4. The molecule has 0 heterocycles. The lowest BCUT2D eigenvalue weighted by atomic mass is 9.86. The zero-order valence-corrected chi connectivity index (χ0v) is 15.0. The van der Waals surface area contributed by atoms with Crippen LogP contribution in [0.1, 0.15) is 27.6 Å². The van der Waals surface area contributed by atoms with E-state index < -0.39 is 11.3 Å². The Labute approximate surface area is 157 Å². The lowest BCUT2D eigenvalue weighted by Gasteiger charge is -2.45. The summed E-state index contributed by atoms with van der Waals surface area (Å²) in [5.41, 5.74) is 11.6. The summed E-state index contributed by atoms with van der Waals surface area (Å²) in [5, 5.41) is 5.51. The van der Waals surface area contributed by atoms with Crippen molar-refractivity contribution < 1.29 is 9.59 Å². The summed E-state index contributed by atoms with van der Waals surface area (Å²) in [6.07, 6.45) is 4.98. The highest BCUT2D eigenvalue weighted by Gasteiger charge is 2.47. The predicted molar refractivity (Wildman–Crippen MR) is 105 cm³/mol. The number of nitrogens with two attached hydrogens (primary N) is 2. The number of benzene rings is 2. The molecule has 0 saturated heterocycles. The van der Waals surface area contributed by atoms with Gasteiger partial charge in [0.05, 0.1) is 0 Å². The van der Waals surface area contributed by atoms with E-state index in [1.165, 1.54) is 0 Å². The van der Waals surface area contributed by atoms with Crippen LogP contribution in [0.4, 0.5) is 0 Å². The topological polar surface area (TPSA) is 110 Å². The van der Waals surface area contributed by atoms with E-state index in [0.29, 0.717) is 11.1 Å². The molecule has 0 aliphatic heterocycles. The van der Waals surface area contributed by atoms with Crippen molar-refractivity contribution in [1.29, 1.82) is 0 Å². The first-order valence-electron chi connectivity index (χ1n) is 8.54. The third kappa shape index (κ3) is 3.81. The first-order chi connectivity index (χ1) is 12.8. The minimum absolute atomic E-state index is 0.388. The Bertz CT molecular complexity index is 908. The lowest BCUT2D eigenvalue weighted by Crippen LogP contribution is -2.79. The van der Waals surface area contributed by atoms with Crippen molar-refractivity contribution in [2.24, 2.45) is 11.5 Å². The van der Waals surface area contributed by atoms with Crippen LogP contribution in [0.15, 0.2) is 84.5 Å². The number of carbonyl (C=O) groups is 2. The van der Waals surface area contributed by atoms with Crippen molar-refractivity contribution in [2.45, 2.75) is 18.2 Å². The fraction of sp³-hybridized carbons (Fsp3) is 0.143. The molecule has 1 aliphatic rings. The molecular weight excluding hydrogens is 340 g/mol. The number of hydrogen-bond donors (Lipinski definition) is 4. The smallest absolute Gasteiger partial charge is 0.253 e. The normalized spacial score (nSPS) is 24.0. The number of allylic oxidation sites excluding steroid dienone is 2. The molecule has 0 aromatic heterocycles. The van der Waals surface area contributed by atoms with Gasteiger partial charge in [0.25, 0.3) is 11.8 Å². The van der Waals surface area contributed by atoms with E-state index in [0.717, 1.165) is 5.57 Å². The van der Waals surface area contributed by atoms with Gasteiger partial charge >= 0.3 is 0 Å². The molecule has 0 saturated carbocycles. The summed E-state index contributed by atoms with van der Waals surface area (Å²) in [7, 11) is 0. The Morgan fingerprint density at radius 1 is 0.778 bits per heavy atom. The molecule has 2 aromatic rings. The minimum atomic E-state index is -1.51. The van der Waals surface area contributed by atoms with Crippen LogP contribution < -0.4 is 22.1 Å². The van der Waals surface area contributed by atoms with Crippen LogP contribution in [0.3, 0.4) is 0 Å². The third-order valence-electron chi connectivity index (χ3n) is 4.46. The SMILES string of the molecule is CC1=CC(N)(NC(=O)c2ccccc2)C(N)(NC(=O)c2ccccc2)C=C1. The molecule has 6 nitrogen and oxygen atoms in total. The molecule has 1 aliphatic carbocycles. The molecule has 2 aromatic carbocycles. The van der Waals surface area contributed by atoms with Crippen molar-refractivity contribution in [3.05, 3.63) is 95.6 Å². The van der Waals surface area contributed by atoms with Crippen LogP contribution in [0.5, 0.6) is 0 Å². The lowest BCUT2D eigenvalue weighted by molar-refractivity contribution is 0.0802. The minimum Gasteiger partial charge on any atom is -0.327 e. The molecular formula is C21H22N4O2. The molecule has 2 atom stereocenters. The first-order valence-corrected chi connectivity index (χ1v) is 8.54. The Kier molecular flexibility index (Phi) is 4.94. The van der Waals surface area contributed by atoms with E-state index in [1.54, 1.807) is 66.8 Å². The summed E-state index contributed by atoms with van der Waals surface area (Å²) in [6.45, 7) is 1.84. The number of amides is 2. The molecule has 0 bridgehead atoms. The largest absolute Gasteiger partial charge is 0.327 e. The molecule has 2 unspecified atom stereocenters. The average molecular weight is 362 g/mol. The van der Waals surface area contributed by atoms with Gasteiger partial charge in [-0.05, 0) is 43.3 Å². The van der Waals surface area contributed by atoms with Crippen LogP contribution in [-0.2, 0) is 0 Å². The van der Waals surface area contributed by atoms with Crippen molar-refractivity contribution in [1.82, 2.24) is 10.6 Å². The summed E-state index contributed by atoms with van der Waals surface area (Å²) in [6, 6.07) is 17.4. The van der Waals surface area contributed by atoms with E-state index in [4.69, 9.17) is 11.5 Å². The number of nitrogens with one attached hydrogen (secondary N) is 2. The van der Waals surface area contributed by atoms with Gasteiger partial charge in [0.2, 0.25) is 0 Å². The maximum atomic E-state index is 12.7. The zero-order chi connectivity index (χ0) is 19.5. The Morgan fingerprint density at radius 3 is 1.70 bits per heavy atom. The van der Waals surface area contributed by atoms with Crippen LogP contribution in [0.25, 0.3) is 0 Å². The Hall–Kier alpha value is -3.22. The highest BCUT2D eigenvalue weighted by Crippen LogP contribution is 2.24. The zero-order valence-electron chi connectivity index (χ0n) is 15.0. The molecule has 6 N–H and O–H groups in total. The molecule has 6 heteroatoms. The summed E-state index contributed by atoms with van der Waals surface area (Å²) >= 11 is 0. The fourth-order valence-electron chi connectivity index (χ4n) is 2.91.